The average Bonchev–Trinajstić information content (AvgIpc) is 2.81. The SMILES string of the molecule is C/C=C/COc1cc(C)c(OCCCCCCc2ccc(COC/C=N/OC)cc2)c(C)c1. The van der Waals surface area contributed by atoms with Crippen LogP contribution in [0.15, 0.2) is 53.7 Å². The number of hydrogen-bond donors (Lipinski definition) is 0. The molecule has 0 spiro atoms. The number of nitrogens with zero attached hydrogens (tertiary/aromatic N) is 1. The summed E-state index contributed by atoms with van der Waals surface area (Å²) in [6.45, 7) is 8.55. The van der Waals surface area contributed by atoms with E-state index in [-0.39, 0.29) is 0 Å². The van der Waals surface area contributed by atoms with E-state index in [2.05, 4.69) is 60.2 Å². The summed E-state index contributed by atoms with van der Waals surface area (Å²) in [7, 11) is 1.52. The third-order valence-electron chi connectivity index (χ3n) is 5.29. The summed E-state index contributed by atoms with van der Waals surface area (Å²) in [4.78, 5) is 4.60. The van der Waals surface area contributed by atoms with E-state index < -0.39 is 0 Å². The highest BCUT2D eigenvalue weighted by molar-refractivity contribution is 5.57. The van der Waals surface area contributed by atoms with E-state index in [4.69, 9.17) is 14.2 Å². The van der Waals surface area contributed by atoms with Crippen LogP contribution >= 0.6 is 0 Å². The van der Waals surface area contributed by atoms with Crippen molar-refractivity contribution in [2.45, 2.75) is 59.5 Å². The highest BCUT2D eigenvalue weighted by Gasteiger charge is 2.07. The number of rotatable bonds is 16. The number of hydrogen-bond acceptors (Lipinski definition) is 5. The van der Waals surface area contributed by atoms with Gasteiger partial charge in [-0.25, -0.2) is 0 Å². The van der Waals surface area contributed by atoms with Gasteiger partial charge in [0.2, 0.25) is 0 Å². The Labute approximate surface area is 199 Å². The summed E-state index contributed by atoms with van der Waals surface area (Å²) in [5, 5.41) is 3.65. The molecule has 0 atom stereocenters. The summed E-state index contributed by atoms with van der Waals surface area (Å²) in [6.07, 6.45) is 11.4. The Balaban J connectivity index is 1.60. The molecular weight excluding hydrogens is 414 g/mol. The normalized spacial score (nSPS) is 11.4. The molecule has 0 aliphatic heterocycles. The molecule has 5 nitrogen and oxygen atoms in total. The van der Waals surface area contributed by atoms with E-state index in [9.17, 15) is 0 Å². The molecule has 2 aromatic rings. The number of unbranched alkanes of at least 4 members (excludes halogenated alkanes) is 3. The van der Waals surface area contributed by atoms with Crippen LogP contribution in [0.25, 0.3) is 0 Å². The Morgan fingerprint density at radius 2 is 1.55 bits per heavy atom. The van der Waals surface area contributed by atoms with Gasteiger partial charge in [-0.05, 0) is 74.4 Å². The van der Waals surface area contributed by atoms with Crippen LogP contribution in [0, 0.1) is 13.8 Å². The van der Waals surface area contributed by atoms with Gasteiger partial charge in [-0.3, -0.25) is 0 Å². The van der Waals surface area contributed by atoms with Crippen LogP contribution in [0.3, 0.4) is 0 Å². The molecule has 0 amide bonds. The molecule has 0 aromatic heterocycles. The van der Waals surface area contributed by atoms with Crippen LogP contribution in [0.4, 0.5) is 0 Å². The predicted octanol–water partition coefficient (Wildman–Crippen LogP) is 6.59. The van der Waals surface area contributed by atoms with E-state index in [0.29, 0.717) is 19.8 Å². The van der Waals surface area contributed by atoms with Crippen LogP contribution in [0.2, 0.25) is 0 Å². The second kappa shape index (κ2) is 15.9. The maximum atomic E-state index is 6.08. The van der Waals surface area contributed by atoms with Gasteiger partial charge in [0, 0.05) is 0 Å². The van der Waals surface area contributed by atoms with Crippen molar-refractivity contribution in [3.8, 4) is 11.5 Å². The highest BCUT2D eigenvalue weighted by atomic mass is 16.6. The topological polar surface area (TPSA) is 49.3 Å². The second-order valence-corrected chi connectivity index (χ2v) is 8.08. The fourth-order valence-electron chi connectivity index (χ4n) is 3.56. The van der Waals surface area contributed by atoms with Crippen LogP contribution in [0.1, 0.15) is 54.9 Å². The van der Waals surface area contributed by atoms with Gasteiger partial charge in [0.05, 0.1) is 26.0 Å². The predicted molar refractivity (Wildman–Crippen MR) is 135 cm³/mol. The third kappa shape index (κ3) is 10.6. The lowest BCUT2D eigenvalue weighted by molar-refractivity contribution is 0.154. The molecule has 0 unspecified atom stereocenters. The standard InChI is InChI=1S/C28H39NO4/c1-5-6-17-32-27-20-23(2)28(24(3)21-27)33-18-10-8-7-9-11-25-12-14-26(15-13-25)22-31-19-16-29-30-4/h5-6,12-16,20-21H,7-11,17-19,22H2,1-4H3/b6-5+,29-16+. The molecule has 0 fully saturated rings. The molecule has 33 heavy (non-hydrogen) atoms. The third-order valence-corrected chi connectivity index (χ3v) is 5.29. The van der Waals surface area contributed by atoms with E-state index >= 15 is 0 Å². The number of oxime groups is 1. The Bertz CT molecular complexity index is 836. The molecule has 0 bridgehead atoms. The molecule has 0 saturated heterocycles. The second-order valence-electron chi connectivity index (χ2n) is 8.08. The maximum absolute atomic E-state index is 6.08. The van der Waals surface area contributed by atoms with Crippen molar-refractivity contribution in [2.24, 2.45) is 5.16 Å². The number of ether oxygens (including phenoxy) is 3. The lowest BCUT2D eigenvalue weighted by Gasteiger charge is -2.14. The number of benzene rings is 2. The fourth-order valence-corrected chi connectivity index (χ4v) is 3.56. The minimum atomic E-state index is 0.453. The van der Waals surface area contributed by atoms with Crippen LogP contribution in [-0.2, 0) is 22.6 Å². The van der Waals surface area contributed by atoms with Crippen molar-refractivity contribution in [1.29, 1.82) is 0 Å². The van der Waals surface area contributed by atoms with Crippen molar-refractivity contribution < 1.29 is 19.0 Å². The Hall–Kier alpha value is -2.79. The molecule has 0 N–H and O–H groups in total. The van der Waals surface area contributed by atoms with E-state index in [1.807, 2.05) is 19.1 Å². The number of aryl methyl sites for hydroxylation is 3. The van der Waals surface area contributed by atoms with Gasteiger partial charge < -0.3 is 19.0 Å². The quantitative estimate of drug-likeness (QED) is 0.124. The highest BCUT2D eigenvalue weighted by Crippen LogP contribution is 2.28. The minimum absolute atomic E-state index is 0.453. The summed E-state index contributed by atoms with van der Waals surface area (Å²) < 4.78 is 17.4. The molecule has 0 heterocycles. The Morgan fingerprint density at radius 3 is 2.24 bits per heavy atom. The van der Waals surface area contributed by atoms with E-state index in [0.717, 1.165) is 42.1 Å². The van der Waals surface area contributed by atoms with Gasteiger partial charge in [-0.2, -0.15) is 0 Å². The average molecular weight is 454 g/mol. The van der Waals surface area contributed by atoms with Gasteiger partial charge in [0.25, 0.3) is 0 Å². The van der Waals surface area contributed by atoms with Crippen LogP contribution in [-0.4, -0.2) is 33.1 Å². The summed E-state index contributed by atoms with van der Waals surface area (Å²) in [6, 6.07) is 12.8. The first-order chi connectivity index (χ1) is 16.1. The fraction of sp³-hybridized carbons (Fsp3) is 0.464. The van der Waals surface area contributed by atoms with Crippen molar-refractivity contribution in [1.82, 2.24) is 0 Å². The first-order valence-corrected chi connectivity index (χ1v) is 11.8. The van der Waals surface area contributed by atoms with Crippen molar-refractivity contribution in [2.75, 3.05) is 26.9 Å². The molecule has 0 saturated carbocycles. The molecule has 2 rings (SSSR count). The van der Waals surface area contributed by atoms with Crippen LogP contribution in [0.5, 0.6) is 11.5 Å². The number of allylic oxidation sites excluding steroid dienone is 1. The smallest absolute Gasteiger partial charge is 0.125 e. The van der Waals surface area contributed by atoms with Crippen molar-refractivity contribution >= 4 is 6.21 Å². The van der Waals surface area contributed by atoms with E-state index in [1.165, 1.54) is 37.5 Å². The van der Waals surface area contributed by atoms with Gasteiger partial charge in [-0.15, -0.1) is 0 Å². The summed E-state index contributed by atoms with van der Waals surface area (Å²) >= 11 is 0. The molecule has 180 valence electrons. The van der Waals surface area contributed by atoms with Gasteiger partial charge in [0.15, 0.2) is 0 Å². The zero-order chi connectivity index (χ0) is 23.7. The summed E-state index contributed by atoms with van der Waals surface area (Å²) in [5.41, 5.74) is 4.80. The van der Waals surface area contributed by atoms with Gasteiger partial charge >= 0.3 is 0 Å². The largest absolute Gasteiger partial charge is 0.493 e. The lowest BCUT2D eigenvalue weighted by atomic mass is 10.0. The van der Waals surface area contributed by atoms with Gasteiger partial charge in [-0.1, -0.05) is 54.4 Å². The monoisotopic (exact) mass is 453 g/mol. The molecular formula is C28H39NO4. The Kier molecular flexibility index (Phi) is 12.8. The molecule has 2 aromatic carbocycles. The van der Waals surface area contributed by atoms with Gasteiger partial charge in [0.1, 0.15) is 25.2 Å². The van der Waals surface area contributed by atoms with E-state index in [1.54, 1.807) is 6.21 Å². The molecule has 0 aliphatic carbocycles. The molecule has 0 radical (unpaired) electrons. The molecule has 0 aliphatic rings. The first kappa shape index (κ1) is 26.5. The lowest BCUT2D eigenvalue weighted by Crippen LogP contribution is -2.02. The van der Waals surface area contributed by atoms with Crippen molar-refractivity contribution in [3.05, 3.63) is 70.8 Å². The molecule has 5 heteroatoms. The zero-order valence-corrected chi connectivity index (χ0v) is 20.6. The zero-order valence-electron chi connectivity index (χ0n) is 20.6. The van der Waals surface area contributed by atoms with Crippen molar-refractivity contribution in [3.63, 3.8) is 0 Å². The maximum Gasteiger partial charge on any atom is 0.125 e. The van der Waals surface area contributed by atoms with Crippen LogP contribution < -0.4 is 9.47 Å². The Morgan fingerprint density at radius 1 is 0.848 bits per heavy atom. The first-order valence-electron chi connectivity index (χ1n) is 11.8. The minimum Gasteiger partial charge on any atom is -0.493 e. The summed E-state index contributed by atoms with van der Waals surface area (Å²) in [5.74, 6) is 1.89.